The molecule has 0 unspecified atom stereocenters. The van der Waals surface area contributed by atoms with Crippen molar-refractivity contribution in [1.29, 1.82) is 0 Å². The number of hydrogen-bond donors (Lipinski definition) is 1. The molecule has 1 aromatic rings. The fraction of sp³-hybridized carbons (Fsp3) is 0.500. The van der Waals surface area contributed by atoms with Crippen LogP contribution in [0, 0.1) is 5.92 Å². The van der Waals surface area contributed by atoms with E-state index in [-0.39, 0.29) is 18.5 Å². The first-order chi connectivity index (χ1) is 10.7. The smallest absolute Gasteiger partial charge is 0.315 e. The first kappa shape index (κ1) is 16.6. The van der Waals surface area contributed by atoms with Crippen LogP contribution >= 0.6 is 0 Å². The third-order valence-electron chi connectivity index (χ3n) is 4.06. The lowest BCUT2D eigenvalue weighted by Gasteiger charge is -2.15. The molecular formula is C18H24O4. The standard InChI is InChI=1S/C18H24O4/c1-21-15-10-12-16(13-11-15)22-18(20)9-5-4-8-17(19)14-6-2-3-7-14/h4-5,10-14,17,19H,2-3,6-9H2,1H3/b5-4+/t17-/m1/s1. The summed E-state index contributed by atoms with van der Waals surface area (Å²) in [5, 5.41) is 10.0. The van der Waals surface area contributed by atoms with Gasteiger partial charge >= 0.3 is 5.97 Å². The highest BCUT2D eigenvalue weighted by atomic mass is 16.5. The third-order valence-corrected chi connectivity index (χ3v) is 4.06. The molecule has 0 saturated heterocycles. The molecule has 1 aliphatic rings. The summed E-state index contributed by atoms with van der Waals surface area (Å²) < 4.78 is 10.3. The van der Waals surface area contributed by atoms with E-state index in [0.717, 1.165) is 18.6 Å². The summed E-state index contributed by atoms with van der Waals surface area (Å²) in [6, 6.07) is 6.89. The SMILES string of the molecule is COc1ccc(OC(=O)C/C=C/C[C@@H](O)C2CCCC2)cc1. The molecule has 1 fully saturated rings. The highest BCUT2D eigenvalue weighted by molar-refractivity contribution is 5.73. The summed E-state index contributed by atoms with van der Waals surface area (Å²) in [7, 11) is 1.59. The number of ether oxygens (including phenoxy) is 2. The van der Waals surface area contributed by atoms with Crippen LogP contribution in [0.5, 0.6) is 11.5 Å². The van der Waals surface area contributed by atoms with Crippen LogP contribution in [0.3, 0.4) is 0 Å². The van der Waals surface area contributed by atoms with Gasteiger partial charge in [-0.3, -0.25) is 4.79 Å². The molecule has 120 valence electrons. The Morgan fingerprint density at radius 1 is 1.23 bits per heavy atom. The second-order valence-corrected chi connectivity index (χ2v) is 5.67. The Balaban J connectivity index is 1.68. The maximum absolute atomic E-state index is 11.7. The van der Waals surface area contributed by atoms with E-state index in [1.54, 1.807) is 37.5 Å². The first-order valence-electron chi connectivity index (χ1n) is 7.87. The Labute approximate surface area is 131 Å². The van der Waals surface area contributed by atoms with E-state index >= 15 is 0 Å². The Hall–Kier alpha value is -1.81. The van der Waals surface area contributed by atoms with Gasteiger partial charge < -0.3 is 14.6 Å². The quantitative estimate of drug-likeness (QED) is 0.476. The van der Waals surface area contributed by atoms with Crippen LogP contribution in [0.15, 0.2) is 36.4 Å². The molecule has 1 N–H and O–H groups in total. The van der Waals surface area contributed by atoms with Gasteiger partial charge in [-0.05, 0) is 49.4 Å². The highest BCUT2D eigenvalue weighted by Crippen LogP contribution is 2.29. The van der Waals surface area contributed by atoms with Crippen molar-refractivity contribution in [1.82, 2.24) is 0 Å². The zero-order valence-corrected chi connectivity index (χ0v) is 13.0. The monoisotopic (exact) mass is 304 g/mol. The second kappa shape index (κ2) is 8.59. The van der Waals surface area contributed by atoms with Gasteiger partial charge in [0.05, 0.1) is 19.6 Å². The summed E-state index contributed by atoms with van der Waals surface area (Å²) in [5.74, 6) is 1.35. The van der Waals surface area contributed by atoms with Crippen LogP contribution < -0.4 is 9.47 Å². The van der Waals surface area contributed by atoms with Gasteiger partial charge in [0, 0.05) is 0 Å². The Morgan fingerprint density at radius 3 is 2.50 bits per heavy atom. The molecule has 1 aromatic carbocycles. The number of carbonyl (C=O) groups excluding carboxylic acids is 1. The number of benzene rings is 1. The van der Waals surface area contributed by atoms with Gasteiger partial charge in [-0.1, -0.05) is 25.0 Å². The van der Waals surface area contributed by atoms with Crippen LogP contribution in [0.1, 0.15) is 38.5 Å². The zero-order chi connectivity index (χ0) is 15.8. The zero-order valence-electron chi connectivity index (χ0n) is 13.0. The van der Waals surface area contributed by atoms with Crippen LogP contribution in [0.4, 0.5) is 0 Å². The van der Waals surface area contributed by atoms with E-state index in [9.17, 15) is 9.90 Å². The maximum atomic E-state index is 11.7. The minimum Gasteiger partial charge on any atom is -0.497 e. The van der Waals surface area contributed by atoms with Crippen molar-refractivity contribution < 1.29 is 19.4 Å². The lowest BCUT2D eigenvalue weighted by molar-refractivity contribution is -0.133. The normalized spacial score (nSPS) is 16.8. The van der Waals surface area contributed by atoms with Gasteiger partial charge in [0.2, 0.25) is 0 Å². The van der Waals surface area contributed by atoms with Crippen molar-refractivity contribution in [2.75, 3.05) is 7.11 Å². The molecule has 0 aromatic heterocycles. The summed E-state index contributed by atoms with van der Waals surface area (Å²) in [6.45, 7) is 0. The summed E-state index contributed by atoms with van der Waals surface area (Å²) in [6.07, 6.45) is 8.87. The molecule has 4 heteroatoms. The molecule has 0 radical (unpaired) electrons. The van der Waals surface area contributed by atoms with E-state index in [1.165, 1.54) is 12.8 Å². The van der Waals surface area contributed by atoms with Crippen molar-refractivity contribution in [3.63, 3.8) is 0 Å². The Kier molecular flexibility index (Phi) is 6.46. The number of esters is 1. The van der Waals surface area contributed by atoms with Gasteiger partial charge in [-0.2, -0.15) is 0 Å². The number of aliphatic hydroxyl groups excluding tert-OH is 1. The third kappa shape index (κ3) is 5.19. The average Bonchev–Trinajstić information content (AvgIpc) is 3.06. The maximum Gasteiger partial charge on any atom is 0.315 e. The first-order valence-corrected chi connectivity index (χ1v) is 7.87. The second-order valence-electron chi connectivity index (χ2n) is 5.67. The molecule has 22 heavy (non-hydrogen) atoms. The highest BCUT2D eigenvalue weighted by Gasteiger charge is 2.21. The minimum atomic E-state index is -0.309. The van der Waals surface area contributed by atoms with Gasteiger partial charge in [-0.15, -0.1) is 0 Å². The van der Waals surface area contributed by atoms with E-state index in [0.29, 0.717) is 18.1 Å². The number of rotatable bonds is 7. The number of aliphatic hydroxyl groups is 1. The van der Waals surface area contributed by atoms with Crippen LogP contribution in [0.2, 0.25) is 0 Å². The van der Waals surface area contributed by atoms with Crippen LogP contribution in [-0.4, -0.2) is 24.3 Å². The molecule has 0 aliphatic heterocycles. The van der Waals surface area contributed by atoms with Crippen molar-refractivity contribution in [2.24, 2.45) is 5.92 Å². The molecule has 4 nitrogen and oxygen atoms in total. The molecule has 0 amide bonds. The Morgan fingerprint density at radius 2 is 1.86 bits per heavy atom. The van der Waals surface area contributed by atoms with E-state index in [4.69, 9.17) is 9.47 Å². The van der Waals surface area contributed by atoms with Gasteiger partial charge in [0.15, 0.2) is 0 Å². The molecule has 2 rings (SSSR count). The van der Waals surface area contributed by atoms with Gasteiger partial charge in [-0.25, -0.2) is 0 Å². The van der Waals surface area contributed by atoms with E-state index in [2.05, 4.69) is 0 Å². The van der Waals surface area contributed by atoms with E-state index in [1.807, 2.05) is 6.08 Å². The van der Waals surface area contributed by atoms with Crippen molar-refractivity contribution >= 4 is 5.97 Å². The number of methoxy groups -OCH3 is 1. The predicted molar refractivity (Wildman–Crippen MR) is 85.0 cm³/mol. The summed E-state index contributed by atoms with van der Waals surface area (Å²) >= 11 is 0. The Bertz CT molecular complexity index is 486. The number of carbonyl (C=O) groups is 1. The van der Waals surface area contributed by atoms with Gasteiger partial charge in [0.25, 0.3) is 0 Å². The van der Waals surface area contributed by atoms with E-state index < -0.39 is 0 Å². The fourth-order valence-electron chi connectivity index (χ4n) is 2.77. The average molecular weight is 304 g/mol. The van der Waals surface area contributed by atoms with Crippen molar-refractivity contribution in [3.05, 3.63) is 36.4 Å². The summed E-state index contributed by atoms with van der Waals surface area (Å²) in [4.78, 5) is 11.7. The minimum absolute atomic E-state index is 0.212. The fourth-order valence-corrected chi connectivity index (χ4v) is 2.77. The molecule has 1 atom stereocenters. The molecular weight excluding hydrogens is 280 g/mol. The van der Waals surface area contributed by atoms with Gasteiger partial charge in [0.1, 0.15) is 11.5 Å². The van der Waals surface area contributed by atoms with Crippen molar-refractivity contribution in [2.45, 2.75) is 44.6 Å². The van der Waals surface area contributed by atoms with Crippen molar-refractivity contribution in [3.8, 4) is 11.5 Å². The van der Waals surface area contributed by atoms with Crippen LogP contribution in [-0.2, 0) is 4.79 Å². The predicted octanol–water partition coefficient (Wildman–Crippen LogP) is 3.49. The molecule has 1 aliphatic carbocycles. The van der Waals surface area contributed by atoms with Crippen LogP contribution in [0.25, 0.3) is 0 Å². The lowest BCUT2D eigenvalue weighted by atomic mass is 9.98. The molecule has 1 saturated carbocycles. The molecule has 0 bridgehead atoms. The summed E-state index contributed by atoms with van der Waals surface area (Å²) in [5.41, 5.74) is 0. The topological polar surface area (TPSA) is 55.8 Å². The molecule has 0 heterocycles. The lowest BCUT2D eigenvalue weighted by Crippen LogP contribution is -2.16. The number of hydrogen-bond acceptors (Lipinski definition) is 4. The largest absolute Gasteiger partial charge is 0.497 e. The molecule has 0 spiro atoms.